The van der Waals surface area contributed by atoms with E-state index in [1.807, 2.05) is 0 Å². The van der Waals surface area contributed by atoms with E-state index in [-0.39, 0.29) is 0 Å². The summed E-state index contributed by atoms with van der Waals surface area (Å²) in [5.74, 6) is 0. The van der Waals surface area contributed by atoms with Gasteiger partial charge < -0.3 is 5.11 Å². The van der Waals surface area contributed by atoms with Crippen LogP contribution in [0, 0.1) is 0 Å². The van der Waals surface area contributed by atoms with E-state index in [2.05, 4.69) is 4.89 Å². The average molecular weight is 167 g/mol. The first-order valence-electron chi connectivity index (χ1n) is 3.38. The second-order valence-electron chi connectivity index (χ2n) is 2.66. The fourth-order valence-corrected chi connectivity index (χ4v) is 1.50. The molecule has 0 heterocycles. The molecule has 3 nitrogen and oxygen atoms in total. The molecule has 1 aliphatic rings. The lowest BCUT2D eigenvalue weighted by atomic mass is 9.94. The normalized spacial score (nSPS) is 41.7. The van der Waals surface area contributed by atoms with Gasteiger partial charge in [-0.05, 0) is 19.3 Å². The molecule has 1 saturated carbocycles. The smallest absolute Gasteiger partial charge is 0.167 e. The summed E-state index contributed by atoms with van der Waals surface area (Å²) in [4.78, 5) is 4.02. The number of hydrogen-bond acceptors (Lipinski definition) is 3. The van der Waals surface area contributed by atoms with Crippen LogP contribution in [0.4, 0.5) is 0 Å². The van der Waals surface area contributed by atoms with Crippen LogP contribution in [0.1, 0.15) is 25.7 Å². The fourth-order valence-electron chi connectivity index (χ4n) is 1.22. The Bertz CT molecular complexity index is 116. The molecule has 0 saturated heterocycles. The molecule has 2 atom stereocenters. The molecule has 2 unspecified atom stereocenters. The van der Waals surface area contributed by atoms with Gasteiger partial charge in [0.25, 0.3) is 0 Å². The molecule has 2 N–H and O–H groups in total. The fraction of sp³-hybridized carbons (Fsp3) is 1.00. The van der Waals surface area contributed by atoms with Crippen LogP contribution in [0.15, 0.2) is 0 Å². The van der Waals surface area contributed by atoms with Crippen LogP contribution in [0.3, 0.4) is 0 Å². The molecular weight excluding hydrogens is 156 g/mol. The summed E-state index contributed by atoms with van der Waals surface area (Å²) < 4.78 is 0. The van der Waals surface area contributed by atoms with Crippen molar-refractivity contribution in [3.8, 4) is 0 Å². The Balaban J connectivity index is 2.51. The van der Waals surface area contributed by atoms with Crippen LogP contribution in [-0.2, 0) is 4.89 Å². The summed E-state index contributed by atoms with van der Waals surface area (Å²) in [6.07, 6.45) is 2.32. The molecule has 10 heavy (non-hydrogen) atoms. The summed E-state index contributed by atoms with van der Waals surface area (Å²) in [5.41, 5.74) is 0. The van der Waals surface area contributed by atoms with Crippen LogP contribution in [0.5, 0.6) is 0 Å². The largest absolute Gasteiger partial charge is 0.372 e. The minimum absolute atomic E-state index is 0.486. The molecule has 60 valence electrons. The van der Waals surface area contributed by atoms with Gasteiger partial charge >= 0.3 is 0 Å². The van der Waals surface area contributed by atoms with Crippen molar-refractivity contribution in [2.75, 3.05) is 0 Å². The molecule has 0 aromatic carbocycles. The van der Waals surface area contributed by atoms with Crippen LogP contribution >= 0.6 is 11.6 Å². The third-order valence-electron chi connectivity index (χ3n) is 1.86. The van der Waals surface area contributed by atoms with Gasteiger partial charge in [-0.1, -0.05) is 18.0 Å². The molecule has 0 spiro atoms. The zero-order valence-electron chi connectivity index (χ0n) is 5.59. The molecule has 4 heteroatoms. The third-order valence-corrected chi connectivity index (χ3v) is 2.30. The molecule has 0 amide bonds. The molecule has 0 aromatic rings. The highest BCUT2D eigenvalue weighted by Gasteiger charge is 2.38. The predicted molar refractivity (Wildman–Crippen MR) is 36.8 cm³/mol. The van der Waals surface area contributed by atoms with Crippen LogP contribution < -0.4 is 0 Å². The summed E-state index contributed by atoms with van der Waals surface area (Å²) >= 11 is 5.61. The Morgan fingerprint density at radius 2 is 2.20 bits per heavy atom. The molecule has 0 aliphatic heterocycles. The van der Waals surface area contributed by atoms with E-state index in [1.54, 1.807) is 0 Å². The maximum absolute atomic E-state index is 9.31. The second-order valence-corrected chi connectivity index (χ2v) is 3.31. The first-order valence-corrected chi connectivity index (χ1v) is 3.76. The lowest BCUT2D eigenvalue weighted by molar-refractivity contribution is -0.308. The number of halogens is 1. The number of alkyl halides is 1. The van der Waals surface area contributed by atoms with E-state index < -0.39 is 11.2 Å². The average Bonchev–Trinajstić information content (AvgIpc) is 1.87. The highest BCUT2D eigenvalue weighted by molar-refractivity contribution is 6.23. The molecule has 1 rings (SSSR count). The lowest BCUT2D eigenvalue weighted by Gasteiger charge is -2.31. The van der Waals surface area contributed by atoms with Crippen LogP contribution in [0.25, 0.3) is 0 Å². The SMILES string of the molecule is OOC1CCCCC1(O)Cl. The third kappa shape index (κ3) is 1.61. The maximum atomic E-state index is 9.31. The Morgan fingerprint density at radius 1 is 1.50 bits per heavy atom. The van der Waals surface area contributed by atoms with Crippen molar-refractivity contribution in [1.29, 1.82) is 0 Å². The van der Waals surface area contributed by atoms with Gasteiger partial charge in [0.05, 0.1) is 0 Å². The molecule has 1 fully saturated rings. The molecular formula is C6H11ClO3. The van der Waals surface area contributed by atoms with E-state index in [0.29, 0.717) is 12.8 Å². The van der Waals surface area contributed by atoms with E-state index in [0.717, 1.165) is 12.8 Å². The predicted octanol–water partition coefficient (Wildman–Crippen LogP) is 1.35. The number of aliphatic hydroxyl groups is 1. The maximum Gasteiger partial charge on any atom is 0.167 e. The van der Waals surface area contributed by atoms with E-state index in [9.17, 15) is 5.11 Å². The van der Waals surface area contributed by atoms with Gasteiger partial charge in [-0.3, -0.25) is 5.26 Å². The molecule has 1 aliphatic carbocycles. The van der Waals surface area contributed by atoms with Gasteiger partial charge in [0.1, 0.15) is 6.10 Å². The highest BCUT2D eigenvalue weighted by Crippen LogP contribution is 2.33. The zero-order chi connectivity index (χ0) is 7.61. The van der Waals surface area contributed by atoms with Gasteiger partial charge in [0.15, 0.2) is 5.06 Å². The molecule has 0 aromatic heterocycles. The topological polar surface area (TPSA) is 49.7 Å². The first kappa shape index (κ1) is 8.27. The van der Waals surface area contributed by atoms with Gasteiger partial charge in [-0.25, -0.2) is 4.89 Å². The van der Waals surface area contributed by atoms with Gasteiger partial charge in [0.2, 0.25) is 0 Å². The van der Waals surface area contributed by atoms with Crippen molar-refractivity contribution in [2.24, 2.45) is 0 Å². The van der Waals surface area contributed by atoms with Crippen molar-refractivity contribution in [3.05, 3.63) is 0 Å². The minimum atomic E-state index is -1.35. The van der Waals surface area contributed by atoms with Crippen LogP contribution in [0.2, 0.25) is 0 Å². The van der Waals surface area contributed by atoms with Crippen molar-refractivity contribution in [1.82, 2.24) is 0 Å². The highest BCUT2D eigenvalue weighted by atomic mass is 35.5. The van der Waals surface area contributed by atoms with E-state index >= 15 is 0 Å². The standard InChI is InChI=1S/C6H11ClO3/c7-6(8)4-2-1-3-5(6)10-9/h5,8-9H,1-4H2. The summed E-state index contributed by atoms with van der Waals surface area (Å²) in [6.45, 7) is 0. The lowest BCUT2D eigenvalue weighted by Crippen LogP contribution is -2.40. The summed E-state index contributed by atoms with van der Waals surface area (Å²) in [5, 5.41) is 16.2. The quantitative estimate of drug-likeness (QED) is 0.351. The van der Waals surface area contributed by atoms with Gasteiger partial charge in [0, 0.05) is 0 Å². The Kier molecular flexibility index (Phi) is 2.52. The second kappa shape index (κ2) is 3.05. The van der Waals surface area contributed by atoms with Crippen LogP contribution in [-0.4, -0.2) is 21.5 Å². The minimum Gasteiger partial charge on any atom is -0.372 e. The zero-order valence-corrected chi connectivity index (χ0v) is 6.34. The first-order chi connectivity index (χ1) is 4.67. The van der Waals surface area contributed by atoms with Crippen molar-refractivity contribution in [3.63, 3.8) is 0 Å². The summed E-state index contributed by atoms with van der Waals surface area (Å²) in [6, 6.07) is 0. The summed E-state index contributed by atoms with van der Waals surface area (Å²) in [7, 11) is 0. The molecule has 0 radical (unpaired) electrons. The monoisotopic (exact) mass is 166 g/mol. The van der Waals surface area contributed by atoms with Crippen molar-refractivity contribution in [2.45, 2.75) is 36.8 Å². The molecule has 0 bridgehead atoms. The van der Waals surface area contributed by atoms with E-state index in [1.165, 1.54) is 0 Å². The van der Waals surface area contributed by atoms with Crippen molar-refractivity contribution >= 4 is 11.6 Å². The van der Waals surface area contributed by atoms with Gasteiger partial charge in [-0.15, -0.1) is 0 Å². The Labute approximate surface area is 64.5 Å². The number of rotatable bonds is 1. The Morgan fingerprint density at radius 3 is 2.60 bits per heavy atom. The van der Waals surface area contributed by atoms with Gasteiger partial charge in [-0.2, -0.15) is 0 Å². The Hall–Kier alpha value is 0.170. The van der Waals surface area contributed by atoms with Crippen molar-refractivity contribution < 1.29 is 15.3 Å². The number of hydrogen-bond donors (Lipinski definition) is 2. The van der Waals surface area contributed by atoms with E-state index in [4.69, 9.17) is 16.9 Å².